The van der Waals surface area contributed by atoms with Crippen molar-refractivity contribution in [1.29, 1.82) is 0 Å². The number of esters is 2. The first-order valence-electron chi connectivity index (χ1n) is 10.9. The molecular formula is C22H30N2O7S3. The molecular weight excluding hydrogens is 500 g/mol. The Labute approximate surface area is 213 Å². The van der Waals surface area contributed by atoms with Crippen molar-refractivity contribution in [3.63, 3.8) is 0 Å². The molecule has 2 amide bonds. The Morgan fingerprint density at radius 1 is 1.09 bits per heavy atom. The van der Waals surface area contributed by atoms with Crippen LogP contribution in [-0.4, -0.2) is 76.2 Å². The van der Waals surface area contributed by atoms with E-state index >= 15 is 0 Å². The Morgan fingerprint density at radius 3 is 2.18 bits per heavy atom. The zero-order valence-electron chi connectivity index (χ0n) is 19.9. The number of amides is 2. The van der Waals surface area contributed by atoms with Crippen molar-refractivity contribution in [2.75, 3.05) is 26.3 Å². The molecule has 1 fully saturated rings. The van der Waals surface area contributed by atoms with Crippen LogP contribution in [0.5, 0.6) is 0 Å². The van der Waals surface area contributed by atoms with Gasteiger partial charge in [0.1, 0.15) is 24.9 Å². The first-order chi connectivity index (χ1) is 16.0. The van der Waals surface area contributed by atoms with Crippen LogP contribution in [0.25, 0.3) is 0 Å². The van der Waals surface area contributed by atoms with Gasteiger partial charge in [0.25, 0.3) is 11.8 Å². The summed E-state index contributed by atoms with van der Waals surface area (Å²) in [7, 11) is 0. The summed E-state index contributed by atoms with van der Waals surface area (Å²) >= 11 is 7.63. The monoisotopic (exact) mass is 530 g/mol. The van der Waals surface area contributed by atoms with Crippen molar-refractivity contribution < 1.29 is 33.8 Å². The number of aliphatic hydroxyl groups excluding tert-OH is 1. The van der Waals surface area contributed by atoms with E-state index in [1.807, 2.05) is 6.92 Å². The third kappa shape index (κ3) is 6.61. The summed E-state index contributed by atoms with van der Waals surface area (Å²) in [6.45, 7) is 9.02. The number of thioether (sulfide) groups is 2. The molecule has 9 nitrogen and oxygen atoms in total. The van der Waals surface area contributed by atoms with E-state index in [1.54, 1.807) is 33.1 Å². The van der Waals surface area contributed by atoms with Crippen LogP contribution >= 0.6 is 35.7 Å². The third-order valence-electron chi connectivity index (χ3n) is 5.34. The number of hydrogen-bond donors (Lipinski definition) is 1. The van der Waals surface area contributed by atoms with Gasteiger partial charge in [-0.05, 0) is 51.7 Å². The van der Waals surface area contributed by atoms with E-state index in [9.17, 15) is 24.3 Å². The van der Waals surface area contributed by atoms with E-state index in [0.29, 0.717) is 28.7 Å². The Kier molecular flexibility index (Phi) is 10.2. The standard InChI is InChI=1S/C22H30N2O7S3/c1-6-22(4,5)20(29)31-11-13(25)10-30-15(26)9-14-12-33-19(34-14)16-17(27)23(7-2)21(32)24(8-3)18(16)28/h12-13,25H,6-11H2,1-5H3. The lowest BCUT2D eigenvalue weighted by molar-refractivity contribution is -0.159. The van der Waals surface area contributed by atoms with Crippen molar-refractivity contribution in [2.45, 2.75) is 53.6 Å². The van der Waals surface area contributed by atoms with Gasteiger partial charge in [0.05, 0.1) is 16.1 Å². The quantitative estimate of drug-likeness (QED) is 0.196. The average molecular weight is 531 g/mol. The normalized spacial score (nSPS) is 17.8. The number of carbonyl (C=O) groups excluding carboxylic acids is 4. The summed E-state index contributed by atoms with van der Waals surface area (Å²) in [4.78, 5) is 53.2. The van der Waals surface area contributed by atoms with Crippen LogP contribution in [0.15, 0.2) is 20.1 Å². The highest BCUT2D eigenvalue weighted by molar-refractivity contribution is 8.28. The number of hydrogen-bond acceptors (Lipinski definition) is 10. The summed E-state index contributed by atoms with van der Waals surface area (Å²) in [6, 6.07) is 0. The Bertz CT molecular complexity index is 901. The van der Waals surface area contributed by atoms with Crippen molar-refractivity contribution in [3.05, 3.63) is 20.1 Å². The Balaban J connectivity index is 1.91. The molecule has 0 radical (unpaired) electrons. The van der Waals surface area contributed by atoms with Crippen molar-refractivity contribution in [1.82, 2.24) is 9.80 Å². The summed E-state index contributed by atoms with van der Waals surface area (Å²) in [6.07, 6.45) is -0.629. The minimum absolute atomic E-state index is 0.0409. The smallest absolute Gasteiger partial charge is 0.311 e. The molecule has 0 spiro atoms. The van der Waals surface area contributed by atoms with Gasteiger partial charge in [-0.3, -0.25) is 29.0 Å². The van der Waals surface area contributed by atoms with Gasteiger partial charge < -0.3 is 14.6 Å². The van der Waals surface area contributed by atoms with Crippen LogP contribution in [-0.2, 0) is 28.7 Å². The van der Waals surface area contributed by atoms with Gasteiger partial charge in [0, 0.05) is 18.0 Å². The summed E-state index contributed by atoms with van der Waals surface area (Å²) in [5.74, 6) is -1.91. The number of nitrogens with zero attached hydrogens (tertiary/aromatic N) is 2. The zero-order valence-corrected chi connectivity index (χ0v) is 22.4. The molecule has 2 rings (SSSR count). The number of ether oxygens (including phenoxy) is 2. The summed E-state index contributed by atoms with van der Waals surface area (Å²) in [5.41, 5.74) is -0.611. The fraction of sp³-hybridized carbons (Fsp3) is 0.591. The SMILES string of the molecule is CCN1C(=O)C(=C2SC=C(CC(=O)OCC(O)COC(=O)C(C)(C)CC)S2)C(=O)N(CC)C1=S. The molecule has 0 aliphatic carbocycles. The lowest BCUT2D eigenvalue weighted by Gasteiger charge is -2.35. The van der Waals surface area contributed by atoms with Gasteiger partial charge in [-0.1, -0.05) is 30.4 Å². The summed E-state index contributed by atoms with van der Waals surface area (Å²) in [5, 5.41) is 11.8. The van der Waals surface area contributed by atoms with Gasteiger partial charge >= 0.3 is 11.9 Å². The van der Waals surface area contributed by atoms with E-state index in [0.717, 1.165) is 0 Å². The molecule has 0 aromatic rings. The largest absolute Gasteiger partial charge is 0.463 e. The third-order valence-corrected chi connectivity index (χ3v) is 8.20. The average Bonchev–Trinajstić information content (AvgIpc) is 3.24. The second-order valence-corrected chi connectivity index (χ2v) is 10.8. The van der Waals surface area contributed by atoms with Gasteiger partial charge in [-0.2, -0.15) is 0 Å². The highest BCUT2D eigenvalue weighted by atomic mass is 32.2. The molecule has 0 bridgehead atoms. The van der Waals surface area contributed by atoms with Gasteiger partial charge in [-0.25, -0.2) is 0 Å². The van der Waals surface area contributed by atoms with Crippen LogP contribution in [0.2, 0.25) is 0 Å². The Hall–Kier alpha value is -1.89. The van der Waals surface area contributed by atoms with Crippen LogP contribution in [0.1, 0.15) is 47.5 Å². The van der Waals surface area contributed by atoms with E-state index in [1.165, 1.54) is 33.3 Å². The highest BCUT2D eigenvalue weighted by Gasteiger charge is 2.41. The first-order valence-corrected chi connectivity index (χ1v) is 13.0. The predicted octanol–water partition coefficient (Wildman–Crippen LogP) is 2.79. The van der Waals surface area contributed by atoms with Crippen molar-refractivity contribution >= 4 is 64.6 Å². The van der Waals surface area contributed by atoms with Crippen LogP contribution in [0.4, 0.5) is 0 Å². The number of thiocarbonyl (C=S) groups is 1. The maximum Gasteiger partial charge on any atom is 0.311 e. The first kappa shape index (κ1) is 28.3. The lowest BCUT2D eigenvalue weighted by Crippen LogP contribution is -2.56. The molecule has 188 valence electrons. The molecule has 34 heavy (non-hydrogen) atoms. The number of rotatable bonds is 10. The molecule has 1 N–H and O–H groups in total. The fourth-order valence-corrected chi connectivity index (χ4v) is 5.57. The minimum atomic E-state index is -1.14. The van der Waals surface area contributed by atoms with E-state index in [-0.39, 0.29) is 30.3 Å². The Morgan fingerprint density at radius 2 is 1.65 bits per heavy atom. The molecule has 12 heteroatoms. The minimum Gasteiger partial charge on any atom is -0.463 e. The topological polar surface area (TPSA) is 113 Å². The fourth-order valence-electron chi connectivity index (χ4n) is 2.83. The van der Waals surface area contributed by atoms with Gasteiger partial charge in [0.2, 0.25) is 0 Å². The van der Waals surface area contributed by atoms with E-state index in [2.05, 4.69) is 0 Å². The van der Waals surface area contributed by atoms with Crippen molar-refractivity contribution in [2.24, 2.45) is 5.41 Å². The molecule has 2 aliphatic heterocycles. The van der Waals surface area contributed by atoms with E-state index in [4.69, 9.17) is 21.7 Å². The summed E-state index contributed by atoms with van der Waals surface area (Å²) < 4.78 is 10.7. The second kappa shape index (κ2) is 12.2. The second-order valence-electron chi connectivity index (χ2n) is 8.20. The van der Waals surface area contributed by atoms with Crippen LogP contribution in [0, 0.1) is 5.41 Å². The molecule has 0 aromatic heterocycles. The molecule has 1 atom stereocenters. The molecule has 2 aliphatic rings. The molecule has 2 heterocycles. The molecule has 1 saturated heterocycles. The number of likely N-dealkylation sites (N-methyl/N-ethyl adjacent to an activating group) is 2. The number of aliphatic hydroxyl groups is 1. The zero-order chi connectivity index (χ0) is 25.6. The molecule has 0 aromatic carbocycles. The van der Waals surface area contributed by atoms with Gasteiger partial charge in [-0.15, -0.1) is 0 Å². The van der Waals surface area contributed by atoms with E-state index < -0.39 is 35.3 Å². The maximum absolute atomic E-state index is 12.9. The predicted molar refractivity (Wildman–Crippen MR) is 134 cm³/mol. The molecule has 0 saturated carbocycles. The van der Waals surface area contributed by atoms with Crippen molar-refractivity contribution in [3.8, 4) is 0 Å². The number of carbonyl (C=O) groups is 4. The van der Waals surface area contributed by atoms with Crippen LogP contribution < -0.4 is 0 Å². The lowest BCUT2D eigenvalue weighted by atomic mass is 9.91. The highest BCUT2D eigenvalue weighted by Crippen LogP contribution is 2.47. The van der Waals surface area contributed by atoms with Gasteiger partial charge in [0.15, 0.2) is 5.11 Å². The van der Waals surface area contributed by atoms with Crippen LogP contribution in [0.3, 0.4) is 0 Å². The molecule has 1 unspecified atom stereocenters. The maximum atomic E-state index is 12.9.